The van der Waals surface area contributed by atoms with Crippen LogP contribution >= 0.6 is 0 Å². The fraction of sp³-hybridized carbons (Fsp3) is 0.0435. The van der Waals surface area contributed by atoms with Gasteiger partial charge in [0.25, 0.3) is 11.8 Å². The van der Waals surface area contributed by atoms with Gasteiger partial charge >= 0.3 is 0 Å². The molecule has 0 aliphatic carbocycles. The number of hydrogen-bond acceptors (Lipinski definition) is 4. The van der Waals surface area contributed by atoms with E-state index in [1.54, 1.807) is 65.2 Å². The third kappa shape index (κ3) is 3.75. The van der Waals surface area contributed by atoms with Crippen LogP contribution in [0.1, 0.15) is 32.2 Å². The van der Waals surface area contributed by atoms with Gasteiger partial charge in [-0.2, -0.15) is 5.26 Å². The van der Waals surface area contributed by atoms with Crippen molar-refractivity contribution in [3.63, 3.8) is 0 Å². The van der Waals surface area contributed by atoms with Crippen LogP contribution in [-0.2, 0) is 0 Å². The lowest BCUT2D eigenvalue weighted by Gasteiger charge is -2.04. The number of hydrogen-bond donors (Lipinski definition) is 2. The van der Waals surface area contributed by atoms with E-state index in [1.165, 1.54) is 0 Å². The number of anilines is 2. The molecule has 0 saturated heterocycles. The Morgan fingerprint density at radius 2 is 1.70 bits per heavy atom. The highest BCUT2D eigenvalue weighted by Crippen LogP contribution is 2.18. The zero-order valence-corrected chi connectivity index (χ0v) is 16.1. The van der Waals surface area contributed by atoms with Gasteiger partial charge in [-0.15, -0.1) is 0 Å². The number of nitrogens with one attached hydrogen (secondary N) is 2. The Bertz CT molecular complexity index is 1300. The minimum atomic E-state index is -0.469. The lowest BCUT2D eigenvalue weighted by Crippen LogP contribution is -2.16. The lowest BCUT2D eigenvalue weighted by molar-refractivity contribution is 0.101. The minimum Gasteiger partial charge on any atom is -0.321 e. The smallest absolute Gasteiger partial charge is 0.292 e. The van der Waals surface area contributed by atoms with Gasteiger partial charge in [-0.1, -0.05) is 29.8 Å². The number of fused-ring (bicyclic) bond motifs is 1. The predicted octanol–water partition coefficient (Wildman–Crippen LogP) is 4.02. The highest BCUT2D eigenvalue weighted by atomic mass is 16.2. The third-order valence-corrected chi connectivity index (χ3v) is 4.53. The Morgan fingerprint density at radius 3 is 2.47 bits per heavy atom. The van der Waals surface area contributed by atoms with Gasteiger partial charge < -0.3 is 10.6 Å². The van der Waals surface area contributed by atoms with E-state index in [0.29, 0.717) is 22.5 Å². The minimum absolute atomic E-state index is 0.0992. The standard InChI is InChI=1S/C23H17N5O2/c1-15-8-10-17(11-9-15)25-23(30)21-27-20(19-7-2-3-12-28(19)21)22(29)26-18-6-4-5-16(13-18)14-24/h2-13H,1H3,(H,25,30)(H,26,29). The summed E-state index contributed by atoms with van der Waals surface area (Å²) in [6.07, 6.45) is 1.68. The molecule has 2 aromatic carbocycles. The number of rotatable bonds is 4. The van der Waals surface area contributed by atoms with E-state index in [1.807, 2.05) is 25.1 Å². The Morgan fingerprint density at radius 1 is 0.933 bits per heavy atom. The van der Waals surface area contributed by atoms with Crippen molar-refractivity contribution in [2.24, 2.45) is 0 Å². The summed E-state index contributed by atoms with van der Waals surface area (Å²) in [5.41, 5.74) is 3.24. The molecule has 0 fully saturated rings. The zero-order valence-electron chi connectivity index (χ0n) is 16.1. The Labute approximate surface area is 172 Å². The van der Waals surface area contributed by atoms with Gasteiger partial charge in [0.15, 0.2) is 5.69 Å². The molecule has 0 bridgehead atoms. The van der Waals surface area contributed by atoms with E-state index >= 15 is 0 Å². The molecule has 0 radical (unpaired) electrons. The number of aryl methyl sites for hydroxylation is 1. The van der Waals surface area contributed by atoms with Crippen molar-refractivity contribution < 1.29 is 9.59 Å². The predicted molar refractivity (Wildman–Crippen MR) is 113 cm³/mol. The van der Waals surface area contributed by atoms with E-state index < -0.39 is 11.8 Å². The van der Waals surface area contributed by atoms with Crippen LogP contribution in [0.15, 0.2) is 72.9 Å². The molecule has 2 aromatic heterocycles. The molecule has 146 valence electrons. The summed E-state index contributed by atoms with van der Waals surface area (Å²) in [5.74, 6) is -0.796. The van der Waals surface area contributed by atoms with Crippen molar-refractivity contribution in [2.45, 2.75) is 6.92 Å². The molecule has 30 heavy (non-hydrogen) atoms. The molecular weight excluding hydrogens is 378 g/mol. The molecule has 0 unspecified atom stereocenters. The first-order chi connectivity index (χ1) is 14.5. The molecule has 2 amide bonds. The zero-order chi connectivity index (χ0) is 21.1. The second-order valence-corrected chi connectivity index (χ2v) is 6.71. The summed E-state index contributed by atoms with van der Waals surface area (Å²) in [6.45, 7) is 1.96. The number of imidazole rings is 1. The maximum atomic E-state index is 12.9. The number of carbonyl (C=O) groups excluding carboxylic acids is 2. The van der Waals surface area contributed by atoms with Crippen LogP contribution in [-0.4, -0.2) is 21.2 Å². The fourth-order valence-electron chi connectivity index (χ4n) is 3.05. The molecule has 4 rings (SSSR count). The number of nitrogens with zero attached hydrogens (tertiary/aromatic N) is 3. The Balaban J connectivity index is 1.66. The number of pyridine rings is 1. The largest absolute Gasteiger partial charge is 0.321 e. The van der Waals surface area contributed by atoms with Crippen LogP contribution < -0.4 is 10.6 Å². The number of nitriles is 1. The van der Waals surface area contributed by atoms with E-state index in [0.717, 1.165) is 5.56 Å². The average molecular weight is 395 g/mol. The molecular formula is C23H17N5O2. The maximum Gasteiger partial charge on any atom is 0.292 e. The molecule has 7 nitrogen and oxygen atoms in total. The molecule has 7 heteroatoms. The van der Waals surface area contributed by atoms with Crippen molar-refractivity contribution in [1.29, 1.82) is 5.26 Å². The van der Waals surface area contributed by atoms with Crippen LogP contribution in [0.4, 0.5) is 11.4 Å². The normalized spacial score (nSPS) is 10.4. The second-order valence-electron chi connectivity index (χ2n) is 6.71. The number of aromatic nitrogens is 2. The SMILES string of the molecule is Cc1ccc(NC(=O)c2nc(C(=O)Nc3cccc(C#N)c3)c3ccccn23)cc1. The summed E-state index contributed by atoms with van der Waals surface area (Å²) in [6, 6.07) is 21.3. The lowest BCUT2D eigenvalue weighted by atomic mass is 10.2. The van der Waals surface area contributed by atoms with Crippen molar-refractivity contribution in [3.8, 4) is 6.07 Å². The highest BCUT2D eigenvalue weighted by molar-refractivity contribution is 6.10. The van der Waals surface area contributed by atoms with Crippen LogP contribution in [0, 0.1) is 18.3 Å². The number of carbonyl (C=O) groups is 2. The number of benzene rings is 2. The topological polar surface area (TPSA) is 99.3 Å². The number of amides is 2. The van der Waals surface area contributed by atoms with Gasteiger partial charge in [-0.25, -0.2) is 4.98 Å². The van der Waals surface area contributed by atoms with E-state index in [2.05, 4.69) is 15.6 Å². The van der Waals surface area contributed by atoms with Crippen LogP contribution in [0.3, 0.4) is 0 Å². The monoisotopic (exact) mass is 395 g/mol. The van der Waals surface area contributed by atoms with Gasteiger partial charge in [0.05, 0.1) is 17.1 Å². The van der Waals surface area contributed by atoms with Crippen LogP contribution in [0.25, 0.3) is 5.52 Å². The van der Waals surface area contributed by atoms with Crippen LogP contribution in [0.5, 0.6) is 0 Å². The summed E-state index contributed by atoms with van der Waals surface area (Å²) < 4.78 is 1.57. The molecule has 0 aliphatic heterocycles. The van der Waals surface area contributed by atoms with E-state index in [-0.39, 0.29) is 11.5 Å². The molecule has 0 spiro atoms. The first kappa shape index (κ1) is 18.9. The van der Waals surface area contributed by atoms with Crippen molar-refractivity contribution in [1.82, 2.24) is 9.38 Å². The highest BCUT2D eigenvalue weighted by Gasteiger charge is 2.21. The molecule has 0 aliphatic rings. The van der Waals surface area contributed by atoms with Crippen LogP contribution in [0.2, 0.25) is 0 Å². The molecule has 4 aromatic rings. The summed E-state index contributed by atoms with van der Waals surface area (Å²) >= 11 is 0. The first-order valence-electron chi connectivity index (χ1n) is 9.22. The van der Waals surface area contributed by atoms with Gasteiger partial charge in [0.2, 0.25) is 5.82 Å². The van der Waals surface area contributed by atoms with Crippen molar-refractivity contribution in [2.75, 3.05) is 10.6 Å². The molecule has 0 saturated carbocycles. The molecule has 2 N–H and O–H groups in total. The van der Waals surface area contributed by atoms with Crippen molar-refractivity contribution >= 4 is 28.7 Å². The summed E-state index contributed by atoms with van der Waals surface area (Å²) in [5, 5.41) is 14.6. The molecule has 0 atom stereocenters. The van der Waals surface area contributed by atoms with Gasteiger partial charge in [0, 0.05) is 17.6 Å². The van der Waals surface area contributed by atoms with Gasteiger partial charge in [0.1, 0.15) is 0 Å². The average Bonchev–Trinajstić information content (AvgIpc) is 3.15. The van der Waals surface area contributed by atoms with E-state index in [4.69, 9.17) is 5.26 Å². The maximum absolute atomic E-state index is 12.9. The second kappa shape index (κ2) is 7.89. The van der Waals surface area contributed by atoms with Gasteiger partial charge in [-0.05, 0) is 49.4 Å². The summed E-state index contributed by atoms with van der Waals surface area (Å²) in [7, 11) is 0. The first-order valence-corrected chi connectivity index (χ1v) is 9.22. The molecule has 2 heterocycles. The van der Waals surface area contributed by atoms with E-state index in [9.17, 15) is 9.59 Å². The van der Waals surface area contributed by atoms with Gasteiger partial charge in [-0.3, -0.25) is 14.0 Å². The quantitative estimate of drug-likeness (QED) is 0.545. The fourth-order valence-corrected chi connectivity index (χ4v) is 3.05. The van der Waals surface area contributed by atoms with Crippen molar-refractivity contribution in [3.05, 3.63) is 95.6 Å². The third-order valence-electron chi connectivity index (χ3n) is 4.53. The summed E-state index contributed by atoms with van der Waals surface area (Å²) in [4.78, 5) is 30.0. The Hall–Kier alpha value is -4.44. The Kier molecular flexibility index (Phi) is 4.97.